The Balaban J connectivity index is 2.07. The number of pyridine rings is 1. The monoisotopic (exact) mass is 254 g/mol. The average Bonchev–Trinajstić information content (AvgIpc) is 2.82. The van der Waals surface area contributed by atoms with Gasteiger partial charge in [-0.1, -0.05) is 6.07 Å². The van der Waals surface area contributed by atoms with Crippen LogP contribution in [0.2, 0.25) is 0 Å². The fourth-order valence-electron chi connectivity index (χ4n) is 2.29. The van der Waals surface area contributed by atoms with Crippen LogP contribution in [0.3, 0.4) is 0 Å². The van der Waals surface area contributed by atoms with Crippen LogP contribution in [0.1, 0.15) is 11.3 Å². The maximum atomic E-state index is 13.3. The summed E-state index contributed by atoms with van der Waals surface area (Å²) in [6, 6.07) is 10.1. The molecule has 1 aromatic heterocycles. The van der Waals surface area contributed by atoms with E-state index in [4.69, 9.17) is 11.0 Å². The number of rotatable bonds is 1. The number of fused-ring (bicyclic) bond motifs is 1. The maximum absolute atomic E-state index is 13.3. The van der Waals surface area contributed by atoms with Gasteiger partial charge in [0, 0.05) is 12.2 Å². The Labute approximate surface area is 109 Å². The number of benzene rings is 1. The van der Waals surface area contributed by atoms with E-state index in [1.165, 1.54) is 12.1 Å². The minimum absolute atomic E-state index is 0.197. The van der Waals surface area contributed by atoms with Crippen LogP contribution in [-0.4, -0.2) is 11.5 Å². The van der Waals surface area contributed by atoms with Gasteiger partial charge in [0.15, 0.2) is 5.69 Å². The fourth-order valence-corrected chi connectivity index (χ4v) is 2.29. The first-order valence-corrected chi connectivity index (χ1v) is 5.91. The van der Waals surface area contributed by atoms with Crippen molar-refractivity contribution < 1.29 is 4.39 Å². The van der Waals surface area contributed by atoms with Gasteiger partial charge in [0.2, 0.25) is 0 Å². The Morgan fingerprint density at radius 2 is 2.16 bits per heavy atom. The van der Waals surface area contributed by atoms with Gasteiger partial charge in [0.1, 0.15) is 17.7 Å². The van der Waals surface area contributed by atoms with Gasteiger partial charge in [-0.05, 0) is 36.2 Å². The Bertz CT molecular complexity index is 690. The molecule has 0 fully saturated rings. The number of halogens is 1. The van der Waals surface area contributed by atoms with Crippen LogP contribution in [0.5, 0.6) is 0 Å². The van der Waals surface area contributed by atoms with Crippen LogP contribution in [0.15, 0.2) is 30.3 Å². The van der Waals surface area contributed by atoms with Gasteiger partial charge in [0.25, 0.3) is 0 Å². The molecule has 94 valence electrons. The average molecular weight is 254 g/mol. The number of nitrogens with zero attached hydrogens (tertiary/aromatic N) is 3. The predicted molar refractivity (Wildman–Crippen MR) is 70.5 cm³/mol. The van der Waals surface area contributed by atoms with Gasteiger partial charge >= 0.3 is 0 Å². The summed E-state index contributed by atoms with van der Waals surface area (Å²) in [6.07, 6.45) is 0.837. The molecule has 4 nitrogen and oxygen atoms in total. The summed E-state index contributed by atoms with van der Waals surface area (Å²) in [5, 5.41) is 8.95. The Hall–Kier alpha value is -2.61. The topological polar surface area (TPSA) is 65.9 Å². The Morgan fingerprint density at radius 1 is 1.32 bits per heavy atom. The molecule has 0 saturated heterocycles. The van der Waals surface area contributed by atoms with Crippen molar-refractivity contribution in [3.8, 4) is 6.07 Å². The predicted octanol–water partition coefficient (Wildman–Crippen LogP) is 2.37. The van der Waals surface area contributed by atoms with E-state index >= 15 is 0 Å². The zero-order valence-electron chi connectivity index (χ0n) is 10.1. The van der Waals surface area contributed by atoms with Crippen molar-refractivity contribution in [2.24, 2.45) is 0 Å². The molecular weight excluding hydrogens is 243 g/mol. The smallest absolute Gasteiger partial charge is 0.165 e. The summed E-state index contributed by atoms with van der Waals surface area (Å²) in [5.74, 6) is 0.344. The molecule has 1 aromatic carbocycles. The van der Waals surface area contributed by atoms with Gasteiger partial charge in [-0.3, -0.25) is 0 Å². The minimum atomic E-state index is -0.276. The molecule has 3 rings (SSSR count). The Morgan fingerprint density at radius 3 is 2.95 bits per heavy atom. The molecule has 1 aliphatic rings. The fraction of sp³-hybridized carbons (Fsp3) is 0.143. The molecule has 0 unspecified atom stereocenters. The van der Waals surface area contributed by atoms with E-state index in [9.17, 15) is 4.39 Å². The van der Waals surface area contributed by atoms with E-state index in [1.54, 1.807) is 18.2 Å². The van der Waals surface area contributed by atoms with Gasteiger partial charge in [0.05, 0.1) is 5.69 Å². The van der Waals surface area contributed by atoms with Crippen molar-refractivity contribution in [2.75, 3.05) is 17.2 Å². The van der Waals surface area contributed by atoms with E-state index < -0.39 is 0 Å². The zero-order chi connectivity index (χ0) is 13.4. The Kier molecular flexibility index (Phi) is 2.57. The summed E-state index contributed by atoms with van der Waals surface area (Å²) in [4.78, 5) is 6.12. The zero-order valence-corrected chi connectivity index (χ0v) is 10.1. The molecule has 0 aliphatic carbocycles. The lowest BCUT2D eigenvalue weighted by atomic mass is 10.2. The number of nitrogens with two attached hydrogens (primary N) is 1. The molecule has 2 N–H and O–H groups in total. The van der Waals surface area contributed by atoms with Crippen molar-refractivity contribution in [3.05, 3.63) is 47.4 Å². The lowest BCUT2D eigenvalue weighted by molar-refractivity contribution is 0.628. The van der Waals surface area contributed by atoms with Gasteiger partial charge in [-0.2, -0.15) is 5.26 Å². The lowest BCUT2D eigenvalue weighted by Crippen LogP contribution is -2.15. The lowest BCUT2D eigenvalue weighted by Gasteiger charge is -2.18. The molecule has 19 heavy (non-hydrogen) atoms. The van der Waals surface area contributed by atoms with Crippen molar-refractivity contribution in [3.63, 3.8) is 0 Å². The summed E-state index contributed by atoms with van der Waals surface area (Å²) in [5.41, 5.74) is 8.09. The molecule has 1 aliphatic heterocycles. The molecular formula is C14H11FN4. The highest BCUT2D eigenvalue weighted by Gasteiger charge is 2.22. The molecule has 2 aromatic rings. The van der Waals surface area contributed by atoms with Crippen LogP contribution in [-0.2, 0) is 6.42 Å². The summed E-state index contributed by atoms with van der Waals surface area (Å²) >= 11 is 0. The highest BCUT2D eigenvalue weighted by molar-refractivity contribution is 5.69. The first kappa shape index (κ1) is 11.5. The first-order chi connectivity index (χ1) is 9.19. The number of anilines is 3. The van der Waals surface area contributed by atoms with E-state index in [1.807, 2.05) is 11.0 Å². The van der Waals surface area contributed by atoms with Crippen LogP contribution in [0.4, 0.5) is 21.6 Å². The number of nitriles is 1. The highest BCUT2D eigenvalue weighted by Crippen LogP contribution is 2.34. The molecule has 0 bridgehead atoms. The number of aromatic nitrogens is 1. The minimum Gasteiger partial charge on any atom is -0.396 e. The van der Waals surface area contributed by atoms with E-state index in [2.05, 4.69) is 4.98 Å². The largest absolute Gasteiger partial charge is 0.396 e. The SMILES string of the molecule is N#Cc1nc(N2CCc3ccc(F)cc32)ccc1N. The second-order valence-electron chi connectivity index (χ2n) is 4.39. The van der Waals surface area contributed by atoms with E-state index in [-0.39, 0.29) is 11.5 Å². The molecule has 5 heteroatoms. The quantitative estimate of drug-likeness (QED) is 0.848. The molecule has 0 saturated carbocycles. The first-order valence-electron chi connectivity index (χ1n) is 5.91. The van der Waals surface area contributed by atoms with E-state index in [0.717, 1.165) is 24.2 Å². The van der Waals surface area contributed by atoms with Crippen molar-refractivity contribution in [1.82, 2.24) is 4.98 Å². The van der Waals surface area contributed by atoms with Crippen LogP contribution in [0.25, 0.3) is 0 Å². The second-order valence-corrected chi connectivity index (χ2v) is 4.39. The van der Waals surface area contributed by atoms with Crippen LogP contribution in [0, 0.1) is 17.1 Å². The van der Waals surface area contributed by atoms with Gasteiger partial charge in [-0.25, -0.2) is 9.37 Å². The number of hydrogen-bond acceptors (Lipinski definition) is 4. The van der Waals surface area contributed by atoms with Crippen molar-refractivity contribution >= 4 is 17.2 Å². The number of nitrogen functional groups attached to an aromatic ring is 1. The molecule has 0 spiro atoms. The standard InChI is InChI=1S/C14H11FN4/c15-10-2-1-9-5-6-19(13(9)7-10)14-4-3-11(17)12(8-16)18-14/h1-4,7H,5-6,17H2. The second kappa shape index (κ2) is 4.25. The third-order valence-electron chi connectivity index (χ3n) is 3.24. The summed E-state index contributed by atoms with van der Waals surface area (Å²) < 4.78 is 13.3. The maximum Gasteiger partial charge on any atom is 0.165 e. The highest BCUT2D eigenvalue weighted by atomic mass is 19.1. The molecule has 0 radical (unpaired) electrons. The molecule has 2 heterocycles. The van der Waals surface area contributed by atoms with Gasteiger partial charge < -0.3 is 10.6 Å². The summed E-state index contributed by atoms with van der Waals surface area (Å²) in [6.45, 7) is 0.723. The molecule has 0 atom stereocenters. The summed E-state index contributed by atoms with van der Waals surface area (Å²) in [7, 11) is 0. The van der Waals surface area contributed by atoms with Crippen LogP contribution >= 0.6 is 0 Å². The van der Waals surface area contributed by atoms with Crippen molar-refractivity contribution in [1.29, 1.82) is 5.26 Å². The normalized spacial score (nSPS) is 13.2. The van der Waals surface area contributed by atoms with Crippen LogP contribution < -0.4 is 10.6 Å². The third-order valence-corrected chi connectivity index (χ3v) is 3.24. The molecule has 0 amide bonds. The van der Waals surface area contributed by atoms with Gasteiger partial charge in [-0.15, -0.1) is 0 Å². The van der Waals surface area contributed by atoms with E-state index in [0.29, 0.717) is 11.5 Å². The number of hydrogen-bond donors (Lipinski definition) is 1. The van der Waals surface area contributed by atoms with Crippen molar-refractivity contribution in [2.45, 2.75) is 6.42 Å². The third kappa shape index (κ3) is 1.87.